The Kier molecular flexibility index (Phi) is 6.82. The molecule has 0 aliphatic rings. The maximum Gasteiger partial charge on any atom is 0.315 e. The molecule has 134 valence electrons. The second-order valence-corrected chi connectivity index (χ2v) is 7.56. The van der Waals surface area contributed by atoms with Crippen LogP contribution in [0.25, 0.3) is 0 Å². The molecule has 0 aromatic heterocycles. The van der Waals surface area contributed by atoms with Crippen molar-refractivity contribution in [2.45, 2.75) is 17.9 Å². The van der Waals surface area contributed by atoms with Gasteiger partial charge in [-0.1, -0.05) is 30.3 Å². The summed E-state index contributed by atoms with van der Waals surface area (Å²) in [6.45, 7) is 0.654. The van der Waals surface area contributed by atoms with Gasteiger partial charge in [-0.3, -0.25) is 0 Å². The number of urea groups is 1. The number of carbonyl (C=O) groups is 1. The van der Waals surface area contributed by atoms with Crippen LogP contribution in [0, 0.1) is 0 Å². The average Bonchev–Trinajstić information content (AvgIpc) is 2.64. The predicted octanol–water partition coefficient (Wildman–Crippen LogP) is 2.36. The smallest absolute Gasteiger partial charge is 0.315 e. The van der Waals surface area contributed by atoms with E-state index in [-0.39, 0.29) is 18.3 Å². The van der Waals surface area contributed by atoms with Crippen molar-refractivity contribution >= 4 is 15.9 Å². The van der Waals surface area contributed by atoms with Gasteiger partial charge in [-0.15, -0.1) is 0 Å². The molecule has 2 aromatic rings. The lowest BCUT2D eigenvalue weighted by atomic mass is 10.2. The summed E-state index contributed by atoms with van der Waals surface area (Å²) in [7, 11) is -1.72. The molecule has 2 amide bonds. The van der Waals surface area contributed by atoms with E-state index < -0.39 is 9.84 Å². The molecule has 0 aliphatic carbocycles. The molecule has 2 aromatic carbocycles. The second-order valence-electron chi connectivity index (χ2n) is 5.45. The molecule has 6 nitrogen and oxygen atoms in total. The number of ether oxygens (including phenoxy) is 1. The van der Waals surface area contributed by atoms with Crippen molar-refractivity contribution in [3.8, 4) is 5.75 Å². The van der Waals surface area contributed by atoms with Gasteiger partial charge in [0.2, 0.25) is 0 Å². The lowest BCUT2D eigenvalue weighted by molar-refractivity contribution is 0.240. The number of nitrogens with one attached hydrogen (secondary N) is 2. The fourth-order valence-electron chi connectivity index (χ4n) is 2.24. The van der Waals surface area contributed by atoms with Crippen molar-refractivity contribution in [1.82, 2.24) is 10.6 Å². The first-order valence-electron chi connectivity index (χ1n) is 7.94. The molecule has 7 heteroatoms. The van der Waals surface area contributed by atoms with Gasteiger partial charge in [-0.05, 0) is 36.2 Å². The van der Waals surface area contributed by atoms with E-state index in [0.29, 0.717) is 17.9 Å². The highest BCUT2D eigenvalue weighted by atomic mass is 32.2. The average molecular weight is 362 g/mol. The number of amides is 2. The van der Waals surface area contributed by atoms with Crippen molar-refractivity contribution in [1.29, 1.82) is 0 Å². The van der Waals surface area contributed by atoms with Crippen LogP contribution in [0.3, 0.4) is 0 Å². The molecule has 2 rings (SSSR count). The van der Waals surface area contributed by atoms with Crippen LogP contribution in [0.5, 0.6) is 5.75 Å². The summed E-state index contributed by atoms with van der Waals surface area (Å²) in [5.41, 5.74) is 0.918. The van der Waals surface area contributed by atoms with Gasteiger partial charge in [0, 0.05) is 13.1 Å². The van der Waals surface area contributed by atoms with Crippen molar-refractivity contribution in [3.05, 3.63) is 60.2 Å². The SMILES string of the molecule is COc1cccc(CNC(=O)NCCCS(=O)(=O)c2ccccc2)c1. The number of benzene rings is 2. The third-order valence-electron chi connectivity index (χ3n) is 3.56. The zero-order valence-electron chi connectivity index (χ0n) is 14.1. The third-order valence-corrected chi connectivity index (χ3v) is 5.38. The maximum atomic E-state index is 12.1. The molecular formula is C18H22N2O4S. The van der Waals surface area contributed by atoms with Gasteiger partial charge in [-0.2, -0.15) is 0 Å². The second kappa shape index (κ2) is 9.08. The molecule has 2 N–H and O–H groups in total. The minimum Gasteiger partial charge on any atom is -0.497 e. The highest BCUT2D eigenvalue weighted by molar-refractivity contribution is 7.91. The number of carbonyl (C=O) groups excluding carboxylic acids is 1. The summed E-state index contributed by atoms with van der Waals surface area (Å²) < 4.78 is 29.3. The topological polar surface area (TPSA) is 84.5 Å². The van der Waals surface area contributed by atoms with Crippen molar-refractivity contribution in [2.24, 2.45) is 0 Å². The minimum atomic E-state index is -3.31. The van der Waals surface area contributed by atoms with E-state index in [0.717, 1.165) is 11.3 Å². The predicted molar refractivity (Wildman–Crippen MR) is 96.3 cm³/mol. The van der Waals surface area contributed by atoms with E-state index in [1.54, 1.807) is 37.4 Å². The number of hydrogen-bond acceptors (Lipinski definition) is 4. The Hall–Kier alpha value is -2.54. The standard InChI is InChI=1S/C18H22N2O4S/c1-24-16-8-5-7-15(13-16)14-20-18(21)19-11-6-12-25(22,23)17-9-3-2-4-10-17/h2-5,7-10,13H,6,11-12,14H2,1H3,(H2,19,20,21). The Morgan fingerprint density at radius 1 is 1.04 bits per heavy atom. The number of sulfone groups is 1. The first-order valence-corrected chi connectivity index (χ1v) is 9.59. The van der Waals surface area contributed by atoms with Gasteiger partial charge in [0.15, 0.2) is 9.84 Å². The zero-order valence-corrected chi connectivity index (χ0v) is 14.9. The molecule has 0 radical (unpaired) electrons. The Morgan fingerprint density at radius 3 is 2.52 bits per heavy atom. The van der Waals surface area contributed by atoms with E-state index >= 15 is 0 Å². The van der Waals surface area contributed by atoms with Crippen LogP contribution in [-0.2, 0) is 16.4 Å². The van der Waals surface area contributed by atoms with Crippen LogP contribution in [0.15, 0.2) is 59.5 Å². The molecule has 25 heavy (non-hydrogen) atoms. The number of rotatable bonds is 8. The summed E-state index contributed by atoms with van der Waals surface area (Å²) in [5.74, 6) is 0.721. The van der Waals surface area contributed by atoms with E-state index in [1.165, 1.54) is 0 Å². The van der Waals surface area contributed by atoms with Gasteiger partial charge in [0.25, 0.3) is 0 Å². The maximum absolute atomic E-state index is 12.1. The van der Waals surface area contributed by atoms with Gasteiger partial charge in [0.05, 0.1) is 17.8 Å². The van der Waals surface area contributed by atoms with Crippen molar-refractivity contribution in [2.75, 3.05) is 19.4 Å². The Morgan fingerprint density at radius 2 is 1.80 bits per heavy atom. The van der Waals surface area contributed by atoms with Crippen LogP contribution < -0.4 is 15.4 Å². The first-order chi connectivity index (χ1) is 12.0. The summed E-state index contributed by atoms with van der Waals surface area (Å²) in [4.78, 5) is 12.1. The molecule has 0 atom stereocenters. The van der Waals surface area contributed by atoms with Crippen LogP contribution in [-0.4, -0.2) is 33.9 Å². The van der Waals surface area contributed by atoms with Crippen LogP contribution in [0.1, 0.15) is 12.0 Å². The molecule has 0 saturated heterocycles. The Balaban J connectivity index is 1.70. The van der Waals surface area contributed by atoms with Gasteiger partial charge >= 0.3 is 6.03 Å². The molecular weight excluding hydrogens is 340 g/mol. The summed E-state index contributed by atoms with van der Waals surface area (Å²) in [6.07, 6.45) is 0.351. The third kappa shape index (κ3) is 6.11. The number of hydrogen-bond donors (Lipinski definition) is 2. The highest BCUT2D eigenvalue weighted by Gasteiger charge is 2.13. The largest absolute Gasteiger partial charge is 0.497 e. The zero-order chi connectivity index (χ0) is 18.1. The monoisotopic (exact) mass is 362 g/mol. The van der Waals surface area contributed by atoms with Gasteiger partial charge in [0.1, 0.15) is 5.75 Å². The molecule has 0 spiro atoms. The Labute approximate surface area is 148 Å². The number of methoxy groups -OCH3 is 1. The fourth-order valence-corrected chi connectivity index (χ4v) is 3.57. The van der Waals surface area contributed by atoms with Crippen LogP contribution >= 0.6 is 0 Å². The summed E-state index contributed by atoms with van der Waals surface area (Å²) >= 11 is 0. The molecule has 0 fully saturated rings. The van der Waals surface area contributed by atoms with Crippen molar-refractivity contribution < 1.29 is 17.9 Å². The summed E-state index contributed by atoms with van der Waals surface area (Å²) in [6, 6.07) is 15.4. The lowest BCUT2D eigenvalue weighted by Gasteiger charge is -2.09. The lowest BCUT2D eigenvalue weighted by Crippen LogP contribution is -2.36. The van der Waals surface area contributed by atoms with Gasteiger partial charge in [-0.25, -0.2) is 13.2 Å². The van der Waals surface area contributed by atoms with Gasteiger partial charge < -0.3 is 15.4 Å². The van der Waals surface area contributed by atoms with E-state index in [4.69, 9.17) is 4.74 Å². The Bertz CT molecular complexity index is 792. The van der Waals surface area contributed by atoms with E-state index in [9.17, 15) is 13.2 Å². The van der Waals surface area contributed by atoms with Crippen LogP contribution in [0.4, 0.5) is 4.79 Å². The van der Waals surface area contributed by atoms with Crippen molar-refractivity contribution in [3.63, 3.8) is 0 Å². The molecule has 0 saturated carbocycles. The molecule has 0 bridgehead atoms. The first kappa shape index (κ1) is 18.8. The highest BCUT2D eigenvalue weighted by Crippen LogP contribution is 2.12. The minimum absolute atomic E-state index is 0.00677. The quantitative estimate of drug-likeness (QED) is 0.706. The summed E-state index contributed by atoms with van der Waals surface area (Å²) in [5, 5.41) is 5.38. The van der Waals surface area contributed by atoms with E-state index in [2.05, 4.69) is 10.6 Å². The molecule has 0 unspecified atom stereocenters. The molecule has 0 aliphatic heterocycles. The van der Waals surface area contributed by atoms with Crippen LogP contribution in [0.2, 0.25) is 0 Å². The normalized spacial score (nSPS) is 10.9. The fraction of sp³-hybridized carbons (Fsp3) is 0.278. The molecule has 0 heterocycles. The van der Waals surface area contributed by atoms with E-state index in [1.807, 2.05) is 24.3 Å².